The van der Waals surface area contributed by atoms with Crippen molar-refractivity contribution in [1.82, 2.24) is 14.5 Å². The highest BCUT2D eigenvalue weighted by atomic mass is 16.3. The first-order chi connectivity index (χ1) is 29.7. The van der Waals surface area contributed by atoms with Gasteiger partial charge in [0.15, 0.2) is 11.4 Å². The Hall–Kier alpha value is -7.96. The Bertz CT molecular complexity index is 3880. The number of hydrogen-bond donors (Lipinski definition) is 0. The molecule has 0 saturated carbocycles. The number of rotatable bonds is 5. The third-order valence-electron chi connectivity index (χ3n) is 12.2. The molecule has 0 bridgehead atoms. The van der Waals surface area contributed by atoms with E-state index in [1.54, 1.807) is 0 Å². The standard InChI is InChI=1S/C54H33N3O3/c1-2-33-50(41-20-13-25-46-49(41)39-18-8-11-23-44(39)58-46)55-53(32-26-27-40-47(30-32)59-45-24-12-19-34(48(40)45)31-14-4-3-5-15-31)56-54(33)57-42-21-9-6-16-35(42)37-28-29-38-36-17-7-10-22-43(36)60-52(38)51(37)57/h3-30H,2H2,1H3. The molecule has 0 aliphatic heterocycles. The lowest BCUT2D eigenvalue weighted by Crippen LogP contribution is -2.08. The van der Waals surface area contributed by atoms with Gasteiger partial charge in [-0.15, -0.1) is 0 Å². The second-order valence-electron chi connectivity index (χ2n) is 15.5. The Morgan fingerprint density at radius 1 is 0.450 bits per heavy atom. The maximum Gasteiger partial charge on any atom is 0.162 e. The second kappa shape index (κ2) is 12.5. The third kappa shape index (κ3) is 4.64. The number of nitrogens with zero attached hydrogens (tertiary/aromatic N) is 3. The number of furan rings is 3. The molecular formula is C54H33N3O3. The lowest BCUT2D eigenvalue weighted by atomic mass is 9.98. The summed E-state index contributed by atoms with van der Waals surface area (Å²) in [6.07, 6.45) is 0.673. The Morgan fingerprint density at radius 3 is 1.88 bits per heavy atom. The summed E-state index contributed by atoms with van der Waals surface area (Å²) in [5.74, 6) is 1.40. The van der Waals surface area contributed by atoms with E-state index in [1.807, 2.05) is 42.5 Å². The average molecular weight is 772 g/mol. The van der Waals surface area contributed by atoms with E-state index in [9.17, 15) is 0 Å². The molecule has 0 atom stereocenters. The highest BCUT2D eigenvalue weighted by Crippen LogP contribution is 2.44. The van der Waals surface area contributed by atoms with Crippen molar-refractivity contribution >= 4 is 87.6 Å². The topological polar surface area (TPSA) is 70.1 Å². The van der Waals surface area contributed by atoms with E-state index in [1.165, 1.54) is 0 Å². The van der Waals surface area contributed by atoms with Gasteiger partial charge in [-0.05, 0) is 66.1 Å². The molecule has 6 heteroatoms. The van der Waals surface area contributed by atoms with Gasteiger partial charge in [-0.1, -0.05) is 128 Å². The van der Waals surface area contributed by atoms with Gasteiger partial charge in [-0.3, -0.25) is 4.57 Å². The summed E-state index contributed by atoms with van der Waals surface area (Å²) in [7, 11) is 0. The van der Waals surface area contributed by atoms with Gasteiger partial charge in [0.1, 0.15) is 33.7 Å². The minimum absolute atomic E-state index is 0.593. The van der Waals surface area contributed by atoms with Crippen LogP contribution in [0.15, 0.2) is 183 Å². The lowest BCUT2D eigenvalue weighted by Gasteiger charge is -2.18. The van der Waals surface area contributed by atoms with Gasteiger partial charge in [0, 0.05) is 59.8 Å². The molecule has 0 saturated heterocycles. The van der Waals surface area contributed by atoms with Gasteiger partial charge in [0.25, 0.3) is 0 Å². The first-order valence-electron chi connectivity index (χ1n) is 20.4. The van der Waals surface area contributed by atoms with Crippen LogP contribution in [0.3, 0.4) is 0 Å². The first kappa shape index (κ1) is 33.1. The molecule has 8 aromatic carbocycles. The van der Waals surface area contributed by atoms with E-state index in [0.717, 1.165) is 127 Å². The van der Waals surface area contributed by atoms with Gasteiger partial charge in [-0.2, -0.15) is 0 Å². The maximum atomic E-state index is 6.79. The zero-order valence-electron chi connectivity index (χ0n) is 32.4. The molecule has 282 valence electrons. The van der Waals surface area contributed by atoms with Gasteiger partial charge >= 0.3 is 0 Å². The predicted molar refractivity (Wildman–Crippen MR) is 244 cm³/mol. The normalized spacial score (nSPS) is 12.2. The molecule has 0 spiro atoms. The van der Waals surface area contributed by atoms with Gasteiger partial charge in [0.2, 0.25) is 0 Å². The average Bonchev–Trinajstić information content (AvgIpc) is 4.07. The minimum atomic E-state index is 0.593. The molecule has 0 aliphatic rings. The summed E-state index contributed by atoms with van der Waals surface area (Å²) in [5, 5.41) is 8.58. The quantitative estimate of drug-likeness (QED) is 0.174. The Morgan fingerprint density at radius 2 is 1.07 bits per heavy atom. The van der Waals surface area contributed by atoms with Crippen LogP contribution in [0, 0.1) is 0 Å². The van der Waals surface area contributed by atoms with E-state index < -0.39 is 0 Å². The van der Waals surface area contributed by atoms with Crippen LogP contribution in [-0.2, 0) is 6.42 Å². The first-order valence-corrected chi connectivity index (χ1v) is 20.4. The van der Waals surface area contributed by atoms with E-state index in [0.29, 0.717) is 12.2 Å². The van der Waals surface area contributed by atoms with Crippen molar-refractivity contribution in [2.24, 2.45) is 0 Å². The molecule has 0 radical (unpaired) electrons. The van der Waals surface area contributed by atoms with E-state index in [-0.39, 0.29) is 0 Å². The van der Waals surface area contributed by atoms with Crippen LogP contribution >= 0.6 is 0 Å². The second-order valence-corrected chi connectivity index (χ2v) is 15.5. The maximum absolute atomic E-state index is 6.79. The zero-order valence-corrected chi connectivity index (χ0v) is 32.4. The fourth-order valence-corrected chi connectivity index (χ4v) is 9.58. The summed E-state index contributed by atoms with van der Waals surface area (Å²) in [6, 6.07) is 58.9. The molecule has 0 amide bonds. The number of hydrogen-bond acceptors (Lipinski definition) is 5. The van der Waals surface area contributed by atoms with E-state index in [2.05, 4.69) is 139 Å². The SMILES string of the molecule is CCc1c(-c2cccc3oc4ccccc4c23)nc(-c2ccc3c(c2)oc2cccc(-c4ccccc4)c23)nc1-n1c2ccccc2c2ccc3c4ccccc4oc3c21. The largest absolute Gasteiger partial charge is 0.456 e. The fraction of sp³-hybridized carbons (Fsp3) is 0.0370. The molecule has 13 rings (SSSR count). The van der Waals surface area contributed by atoms with Crippen LogP contribution in [0.25, 0.3) is 127 Å². The van der Waals surface area contributed by atoms with Crippen molar-refractivity contribution in [1.29, 1.82) is 0 Å². The van der Waals surface area contributed by atoms with Crippen LogP contribution < -0.4 is 0 Å². The van der Waals surface area contributed by atoms with Crippen molar-refractivity contribution in [3.63, 3.8) is 0 Å². The van der Waals surface area contributed by atoms with E-state index >= 15 is 0 Å². The van der Waals surface area contributed by atoms with E-state index in [4.69, 9.17) is 23.2 Å². The van der Waals surface area contributed by atoms with Crippen molar-refractivity contribution in [3.05, 3.63) is 175 Å². The highest BCUT2D eigenvalue weighted by molar-refractivity contribution is 6.22. The molecule has 5 heterocycles. The molecule has 6 nitrogen and oxygen atoms in total. The number of benzene rings is 8. The third-order valence-corrected chi connectivity index (χ3v) is 12.2. The highest BCUT2D eigenvalue weighted by Gasteiger charge is 2.26. The smallest absolute Gasteiger partial charge is 0.162 e. The predicted octanol–water partition coefficient (Wildman–Crippen LogP) is 14.8. The molecule has 0 N–H and O–H groups in total. The summed E-state index contributed by atoms with van der Waals surface area (Å²) in [6.45, 7) is 2.19. The number of para-hydroxylation sites is 3. The minimum Gasteiger partial charge on any atom is -0.456 e. The molecule has 5 aromatic heterocycles. The molecular weight excluding hydrogens is 739 g/mol. The summed E-state index contributed by atoms with van der Waals surface area (Å²) < 4.78 is 22.2. The van der Waals surface area contributed by atoms with Crippen molar-refractivity contribution in [2.45, 2.75) is 13.3 Å². The van der Waals surface area contributed by atoms with Crippen molar-refractivity contribution < 1.29 is 13.3 Å². The summed E-state index contributed by atoms with van der Waals surface area (Å²) in [4.78, 5) is 11.1. The number of fused-ring (bicyclic) bond motifs is 13. The van der Waals surface area contributed by atoms with Crippen LogP contribution in [0.2, 0.25) is 0 Å². The Labute approximate surface area is 342 Å². The molecule has 0 fully saturated rings. The number of aromatic nitrogens is 3. The van der Waals surface area contributed by atoms with Gasteiger partial charge in [0.05, 0.1) is 16.7 Å². The zero-order chi connectivity index (χ0) is 39.5. The van der Waals surface area contributed by atoms with Crippen LogP contribution in [-0.4, -0.2) is 14.5 Å². The monoisotopic (exact) mass is 771 g/mol. The fourth-order valence-electron chi connectivity index (χ4n) is 9.58. The van der Waals surface area contributed by atoms with Crippen molar-refractivity contribution in [3.8, 4) is 39.6 Å². The molecule has 13 aromatic rings. The van der Waals surface area contributed by atoms with Crippen molar-refractivity contribution in [2.75, 3.05) is 0 Å². The molecule has 0 unspecified atom stereocenters. The summed E-state index contributed by atoms with van der Waals surface area (Å²) in [5.41, 5.74) is 13.0. The molecule has 60 heavy (non-hydrogen) atoms. The summed E-state index contributed by atoms with van der Waals surface area (Å²) >= 11 is 0. The van der Waals surface area contributed by atoms with Crippen LogP contribution in [0.5, 0.6) is 0 Å². The molecule has 0 aliphatic carbocycles. The van der Waals surface area contributed by atoms with Gasteiger partial charge < -0.3 is 13.3 Å². The Kier molecular flexibility index (Phi) is 6.90. The van der Waals surface area contributed by atoms with Gasteiger partial charge in [-0.25, -0.2) is 9.97 Å². The lowest BCUT2D eigenvalue weighted by molar-refractivity contribution is 0.668. The van der Waals surface area contributed by atoms with Crippen LogP contribution in [0.1, 0.15) is 12.5 Å². The Balaban J connectivity index is 1.15. The van der Waals surface area contributed by atoms with Crippen LogP contribution in [0.4, 0.5) is 0 Å².